The van der Waals surface area contributed by atoms with Crippen molar-refractivity contribution in [3.05, 3.63) is 51.1 Å². The zero-order chi connectivity index (χ0) is 15.6. The lowest BCUT2D eigenvalue weighted by Crippen LogP contribution is -2.29. The third-order valence-corrected chi connectivity index (χ3v) is 3.74. The Hall–Kier alpha value is -2.95. The molecule has 0 amide bonds. The minimum Gasteiger partial charge on any atom is -0.478 e. The van der Waals surface area contributed by atoms with Crippen LogP contribution < -0.4 is 16.0 Å². The molecule has 4 N–H and O–H groups in total. The van der Waals surface area contributed by atoms with E-state index >= 15 is 0 Å². The summed E-state index contributed by atoms with van der Waals surface area (Å²) in [6, 6.07) is 1.09. The number of aromatic carboxylic acids is 1. The molecule has 0 bridgehead atoms. The Morgan fingerprint density at radius 2 is 2.05 bits per heavy atom. The molecule has 0 aromatic carbocycles. The molecule has 0 atom stereocenters. The number of pyridine rings is 1. The van der Waals surface area contributed by atoms with E-state index in [0.29, 0.717) is 6.20 Å². The fraction of sp³-hybridized carbons (Fsp3) is 0. The second-order valence-electron chi connectivity index (χ2n) is 3.77. The summed E-state index contributed by atoms with van der Waals surface area (Å²) >= 11 is 0. The minimum absolute atomic E-state index is 0.310. The van der Waals surface area contributed by atoms with Gasteiger partial charge in [-0.2, -0.15) is 0 Å². The number of hydrogen-bond acceptors (Lipinski definition) is 6. The van der Waals surface area contributed by atoms with Gasteiger partial charge >= 0.3 is 11.7 Å². The molecule has 0 aliphatic heterocycles. The maximum Gasteiger partial charge on any atom is 0.337 e. The van der Waals surface area contributed by atoms with Crippen molar-refractivity contribution in [2.75, 3.05) is 4.72 Å². The monoisotopic (exact) mass is 312 g/mol. The number of nitrogens with zero attached hydrogens (tertiary/aromatic N) is 1. The van der Waals surface area contributed by atoms with Crippen molar-refractivity contribution in [2.24, 2.45) is 0 Å². The van der Waals surface area contributed by atoms with Crippen molar-refractivity contribution in [3.8, 4) is 0 Å². The molecule has 2 aromatic rings. The number of aromatic amines is 2. The molecule has 0 fully saturated rings. The van der Waals surface area contributed by atoms with Crippen LogP contribution in [0, 0.1) is 0 Å². The third-order valence-electron chi connectivity index (χ3n) is 2.37. The van der Waals surface area contributed by atoms with Crippen LogP contribution in [0.3, 0.4) is 0 Å². The first-order valence-electron chi connectivity index (χ1n) is 5.33. The lowest BCUT2D eigenvalue weighted by Gasteiger charge is -2.08. The lowest BCUT2D eigenvalue weighted by atomic mass is 10.2. The summed E-state index contributed by atoms with van der Waals surface area (Å²) < 4.78 is 26.0. The van der Waals surface area contributed by atoms with Crippen molar-refractivity contribution in [1.29, 1.82) is 0 Å². The number of anilines is 1. The second-order valence-corrected chi connectivity index (χ2v) is 5.42. The van der Waals surface area contributed by atoms with Crippen LogP contribution in [0.1, 0.15) is 10.4 Å². The maximum atomic E-state index is 12.0. The van der Waals surface area contributed by atoms with Crippen LogP contribution in [0.2, 0.25) is 0 Å². The fourth-order valence-corrected chi connectivity index (χ4v) is 2.53. The number of hydrogen-bond donors (Lipinski definition) is 4. The van der Waals surface area contributed by atoms with Crippen LogP contribution in [0.25, 0.3) is 0 Å². The molecular weight excluding hydrogens is 304 g/mol. The van der Waals surface area contributed by atoms with Crippen LogP contribution in [-0.4, -0.2) is 34.4 Å². The van der Waals surface area contributed by atoms with Crippen molar-refractivity contribution >= 4 is 21.7 Å². The Kier molecular flexibility index (Phi) is 3.58. The molecule has 0 unspecified atom stereocenters. The summed E-state index contributed by atoms with van der Waals surface area (Å²) in [5, 5.41) is 8.95. The number of sulfonamides is 1. The van der Waals surface area contributed by atoms with E-state index in [4.69, 9.17) is 5.11 Å². The Morgan fingerprint density at radius 3 is 2.67 bits per heavy atom. The summed E-state index contributed by atoms with van der Waals surface area (Å²) in [4.78, 5) is 39.9. The van der Waals surface area contributed by atoms with Crippen molar-refractivity contribution in [1.82, 2.24) is 15.0 Å². The van der Waals surface area contributed by atoms with Crippen molar-refractivity contribution in [3.63, 3.8) is 0 Å². The number of rotatable bonds is 4. The first-order valence-corrected chi connectivity index (χ1v) is 6.82. The average Bonchev–Trinajstić information content (AvgIpc) is 2.37. The summed E-state index contributed by atoms with van der Waals surface area (Å²) in [5.74, 6) is -1.37. The number of aromatic nitrogens is 3. The van der Waals surface area contributed by atoms with Gasteiger partial charge in [-0.05, 0) is 6.07 Å². The molecule has 0 saturated carbocycles. The molecule has 0 radical (unpaired) electrons. The van der Waals surface area contributed by atoms with Gasteiger partial charge in [0.2, 0.25) is 0 Å². The van der Waals surface area contributed by atoms with Gasteiger partial charge in [-0.15, -0.1) is 0 Å². The highest BCUT2D eigenvalue weighted by Gasteiger charge is 2.21. The summed E-state index contributed by atoms with van der Waals surface area (Å²) in [6.45, 7) is 0. The average molecular weight is 312 g/mol. The maximum absolute atomic E-state index is 12.0. The molecule has 0 spiro atoms. The third kappa shape index (κ3) is 2.97. The summed E-state index contributed by atoms with van der Waals surface area (Å²) in [6.07, 6.45) is 2.87. The van der Waals surface area contributed by atoms with E-state index in [9.17, 15) is 22.8 Å². The predicted octanol–water partition coefficient (Wildman–Crippen LogP) is -1.04. The van der Waals surface area contributed by atoms with Gasteiger partial charge in [0.05, 0.1) is 17.4 Å². The topological polar surface area (TPSA) is 162 Å². The highest BCUT2D eigenvalue weighted by atomic mass is 32.2. The highest BCUT2D eigenvalue weighted by Crippen LogP contribution is 2.16. The van der Waals surface area contributed by atoms with Crippen LogP contribution in [0.15, 0.2) is 39.1 Å². The van der Waals surface area contributed by atoms with Crippen LogP contribution >= 0.6 is 0 Å². The number of H-pyrrole nitrogens is 2. The molecule has 0 saturated heterocycles. The van der Waals surface area contributed by atoms with Gasteiger partial charge < -0.3 is 10.1 Å². The van der Waals surface area contributed by atoms with Gasteiger partial charge in [0.1, 0.15) is 0 Å². The zero-order valence-corrected chi connectivity index (χ0v) is 11.0. The van der Waals surface area contributed by atoms with E-state index in [1.807, 2.05) is 9.71 Å². The molecule has 0 aliphatic rings. The summed E-state index contributed by atoms with van der Waals surface area (Å²) in [5.41, 5.74) is -2.65. The standard InChI is InChI=1S/C10H8N4O6S/c15-8-7(4-12-10(18)13-8)21(19,20)14-6-3-11-2-1-5(6)9(16)17/h1-4,14H,(H,16,17)(H2,12,13,15,18). The van der Waals surface area contributed by atoms with Crippen LogP contribution in [0.5, 0.6) is 0 Å². The first-order chi connectivity index (χ1) is 9.81. The van der Waals surface area contributed by atoms with Gasteiger partial charge in [-0.1, -0.05) is 0 Å². The fourth-order valence-electron chi connectivity index (χ4n) is 1.46. The molecule has 21 heavy (non-hydrogen) atoms. The van der Waals surface area contributed by atoms with Gasteiger partial charge in [-0.3, -0.25) is 19.5 Å². The quantitative estimate of drug-likeness (QED) is 0.560. The number of carbonyl (C=O) groups is 1. The molecule has 2 rings (SSSR count). The second kappa shape index (κ2) is 5.20. The van der Waals surface area contributed by atoms with E-state index in [0.717, 1.165) is 12.3 Å². The van der Waals surface area contributed by atoms with Crippen LogP contribution in [-0.2, 0) is 10.0 Å². The Labute approximate surface area is 116 Å². The molecule has 2 aromatic heterocycles. The largest absolute Gasteiger partial charge is 0.478 e. The number of carboxylic acids is 1. The molecule has 0 aliphatic carbocycles. The van der Waals surface area contributed by atoms with E-state index < -0.39 is 32.1 Å². The van der Waals surface area contributed by atoms with Gasteiger partial charge in [-0.25, -0.2) is 18.0 Å². The lowest BCUT2D eigenvalue weighted by molar-refractivity contribution is 0.0698. The molecule has 2 heterocycles. The Balaban J connectivity index is 2.50. The van der Waals surface area contributed by atoms with Gasteiger partial charge in [0.15, 0.2) is 4.90 Å². The predicted molar refractivity (Wildman–Crippen MR) is 69.7 cm³/mol. The minimum atomic E-state index is -4.38. The van der Waals surface area contributed by atoms with E-state index in [1.165, 1.54) is 6.20 Å². The van der Waals surface area contributed by atoms with Crippen molar-refractivity contribution < 1.29 is 18.3 Å². The number of nitrogens with one attached hydrogen (secondary N) is 3. The first kappa shape index (κ1) is 14.5. The Morgan fingerprint density at radius 1 is 1.33 bits per heavy atom. The van der Waals surface area contributed by atoms with E-state index in [2.05, 4.69) is 4.98 Å². The molecule has 110 valence electrons. The Bertz CT molecular complexity index is 913. The van der Waals surface area contributed by atoms with Gasteiger partial charge in [0, 0.05) is 12.4 Å². The van der Waals surface area contributed by atoms with Crippen LogP contribution in [0.4, 0.5) is 5.69 Å². The smallest absolute Gasteiger partial charge is 0.337 e. The molecular formula is C10H8N4O6S. The van der Waals surface area contributed by atoms with E-state index in [-0.39, 0.29) is 11.3 Å². The normalized spacial score (nSPS) is 11.0. The SMILES string of the molecule is O=C(O)c1ccncc1NS(=O)(=O)c1c[nH]c(=O)[nH]c1=O. The van der Waals surface area contributed by atoms with E-state index in [1.54, 1.807) is 4.98 Å². The van der Waals surface area contributed by atoms with Crippen molar-refractivity contribution in [2.45, 2.75) is 4.90 Å². The zero-order valence-electron chi connectivity index (χ0n) is 10.2. The molecule has 11 heteroatoms. The highest BCUT2D eigenvalue weighted by molar-refractivity contribution is 7.92. The summed E-state index contributed by atoms with van der Waals surface area (Å²) in [7, 11) is -4.38. The molecule has 10 nitrogen and oxygen atoms in total. The number of carboxylic acid groups (broad SMARTS) is 1. The van der Waals surface area contributed by atoms with Gasteiger partial charge in [0.25, 0.3) is 15.6 Å².